The molecule has 8 nitrogen and oxygen atoms in total. The minimum absolute atomic E-state index is 0.0149. The molecule has 176 valence electrons. The van der Waals surface area contributed by atoms with Gasteiger partial charge in [0.2, 0.25) is 11.8 Å². The first-order valence-electron chi connectivity index (χ1n) is 11.5. The van der Waals surface area contributed by atoms with Gasteiger partial charge in [-0.25, -0.2) is 4.79 Å². The molecule has 0 radical (unpaired) electrons. The fraction of sp³-hybridized carbons (Fsp3) is 0.826. The Morgan fingerprint density at radius 1 is 1.10 bits per heavy atom. The predicted octanol–water partition coefficient (Wildman–Crippen LogP) is 2.33. The van der Waals surface area contributed by atoms with E-state index in [1.807, 2.05) is 0 Å². The molecule has 0 aromatic heterocycles. The van der Waals surface area contributed by atoms with Crippen molar-refractivity contribution in [3.63, 3.8) is 0 Å². The summed E-state index contributed by atoms with van der Waals surface area (Å²) in [5, 5.41) is 0. The molecule has 2 amide bonds. The van der Waals surface area contributed by atoms with E-state index in [1.165, 1.54) is 11.3 Å². The molecule has 0 aromatic rings. The monoisotopic (exact) mass is 438 g/mol. The standard InChI is InChI=1S/C23H38N2O6/c1-23(2,3)31-22(29)19(11-14-26)25(17-18-7-5-4-6-8-18)21(28)10-9-20(27)24-12-15-30-16-13-24/h14,18-19H,4-13,15-17H2,1-3H3/t19-/m1/s1. The van der Waals surface area contributed by atoms with E-state index in [0.29, 0.717) is 45.1 Å². The van der Waals surface area contributed by atoms with Crippen LogP contribution >= 0.6 is 0 Å². The van der Waals surface area contributed by atoms with Crippen LogP contribution in [-0.2, 0) is 28.7 Å². The fourth-order valence-corrected chi connectivity index (χ4v) is 4.19. The molecule has 8 heteroatoms. The van der Waals surface area contributed by atoms with Crippen LogP contribution in [0.25, 0.3) is 0 Å². The summed E-state index contributed by atoms with van der Waals surface area (Å²) in [6, 6.07) is -0.954. The highest BCUT2D eigenvalue weighted by atomic mass is 16.6. The molecule has 1 saturated carbocycles. The smallest absolute Gasteiger partial charge is 0.329 e. The molecule has 1 heterocycles. The van der Waals surface area contributed by atoms with Crippen LogP contribution in [0.3, 0.4) is 0 Å². The molecule has 1 aliphatic carbocycles. The molecule has 0 bridgehead atoms. The Labute approximate surface area is 185 Å². The molecule has 1 aliphatic heterocycles. The van der Waals surface area contributed by atoms with Crippen LogP contribution in [0.5, 0.6) is 0 Å². The summed E-state index contributed by atoms with van der Waals surface area (Å²) in [7, 11) is 0. The summed E-state index contributed by atoms with van der Waals surface area (Å²) in [5.74, 6) is -0.629. The number of hydrogen-bond acceptors (Lipinski definition) is 6. The van der Waals surface area contributed by atoms with Gasteiger partial charge in [-0.1, -0.05) is 19.3 Å². The van der Waals surface area contributed by atoms with Crippen molar-refractivity contribution in [3.8, 4) is 0 Å². The molecule has 0 unspecified atom stereocenters. The van der Waals surface area contributed by atoms with E-state index in [9.17, 15) is 19.2 Å². The van der Waals surface area contributed by atoms with Gasteiger partial charge in [-0.05, 0) is 39.5 Å². The first-order chi connectivity index (χ1) is 14.7. The third-order valence-electron chi connectivity index (χ3n) is 5.79. The predicted molar refractivity (Wildman–Crippen MR) is 115 cm³/mol. The summed E-state index contributed by atoms with van der Waals surface area (Å²) in [5.41, 5.74) is -0.718. The van der Waals surface area contributed by atoms with Crippen LogP contribution in [0, 0.1) is 5.92 Å². The highest BCUT2D eigenvalue weighted by Crippen LogP contribution is 2.26. The summed E-state index contributed by atoms with van der Waals surface area (Å²) >= 11 is 0. The minimum atomic E-state index is -0.954. The Hall–Kier alpha value is -1.96. The van der Waals surface area contributed by atoms with Crippen molar-refractivity contribution in [1.82, 2.24) is 9.80 Å². The lowest BCUT2D eigenvalue weighted by molar-refractivity contribution is -0.166. The third kappa shape index (κ3) is 8.59. The topological polar surface area (TPSA) is 93.2 Å². The second-order valence-electron chi connectivity index (χ2n) is 9.49. The van der Waals surface area contributed by atoms with Crippen LogP contribution in [-0.4, -0.2) is 78.4 Å². The van der Waals surface area contributed by atoms with E-state index in [2.05, 4.69) is 0 Å². The van der Waals surface area contributed by atoms with Crippen LogP contribution in [0.1, 0.15) is 72.1 Å². The minimum Gasteiger partial charge on any atom is -0.458 e. The van der Waals surface area contributed by atoms with Gasteiger partial charge in [0.25, 0.3) is 0 Å². The maximum Gasteiger partial charge on any atom is 0.329 e. The lowest BCUT2D eigenvalue weighted by Gasteiger charge is -2.35. The Morgan fingerprint density at radius 2 is 1.74 bits per heavy atom. The van der Waals surface area contributed by atoms with Gasteiger partial charge in [-0.2, -0.15) is 0 Å². The highest BCUT2D eigenvalue weighted by molar-refractivity contribution is 5.88. The second kappa shape index (κ2) is 12.2. The molecular weight excluding hydrogens is 400 g/mol. The summed E-state index contributed by atoms with van der Waals surface area (Å²) in [6.07, 6.45) is 6.04. The van der Waals surface area contributed by atoms with Gasteiger partial charge in [0, 0.05) is 38.9 Å². The van der Waals surface area contributed by atoms with Gasteiger partial charge >= 0.3 is 5.97 Å². The van der Waals surface area contributed by atoms with E-state index in [-0.39, 0.29) is 31.1 Å². The molecule has 31 heavy (non-hydrogen) atoms. The fourth-order valence-electron chi connectivity index (χ4n) is 4.19. The first-order valence-corrected chi connectivity index (χ1v) is 11.5. The van der Waals surface area contributed by atoms with Gasteiger partial charge in [0.05, 0.1) is 13.2 Å². The maximum absolute atomic E-state index is 13.2. The van der Waals surface area contributed by atoms with Crippen molar-refractivity contribution in [1.29, 1.82) is 0 Å². The van der Waals surface area contributed by atoms with Gasteiger partial charge in [0.1, 0.15) is 17.9 Å². The molecule has 0 aromatic carbocycles. The van der Waals surface area contributed by atoms with Crippen molar-refractivity contribution >= 4 is 24.1 Å². The van der Waals surface area contributed by atoms with E-state index >= 15 is 0 Å². The third-order valence-corrected chi connectivity index (χ3v) is 5.79. The van der Waals surface area contributed by atoms with Crippen LogP contribution in [0.4, 0.5) is 0 Å². The molecule has 0 N–H and O–H groups in total. The summed E-state index contributed by atoms with van der Waals surface area (Å²) in [6.45, 7) is 7.78. The average Bonchev–Trinajstić information content (AvgIpc) is 2.74. The molecule has 2 rings (SSSR count). The van der Waals surface area contributed by atoms with Crippen molar-refractivity contribution < 1.29 is 28.7 Å². The van der Waals surface area contributed by atoms with E-state index < -0.39 is 17.6 Å². The summed E-state index contributed by atoms with van der Waals surface area (Å²) < 4.78 is 10.8. The van der Waals surface area contributed by atoms with Crippen molar-refractivity contribution in [2.75, 3.05) is 32.8 Å². The van der Waals surface area contributed by atoms with E-state index in [4.69, 9.17) is 9.47 Å². The zero-order chi connectivity index (χ0) is 22.9. The number of morpholine rings is 1. The number of carbonyl (C=O) groups excluding carboxylic acids is 4. The van der Waals surface area contributed by atoms with Crippen molar-refractivity contribution in [2.45, 2.75) is 83.8 Å². The maximum atomic E-state index is 13.2. The number of esters is 1. The normalized spacial score (nSPS) is 18.9. The highest BCUT2D eigenvalue weighted by Gasteiger charge is 2.35. The Balaban J connectivity index is 2.10. The van der Waals surface area contributed by atoms with Gasteiger partial charge in [-0.15, -0.1) is 0 Å². The van der Waals surface area contributed by atoms with E-state index in [1.54, 1.807) is 25.7 Å². The number of hydrogen-bond donors (Lipinski definition) is 0. The Kier molecular flexibility index (Phi) is 9.93. The van der Waals surface area contributed by atoms with Crippen LogP contribution < -0.4 is 0 Å². The molecule has 1 saturated heterocycles. The van der Waals surface area contributed by atoms with E-state index in [0.717, 1.165) is 25.7 Å². The lowest BCUT2D eigenvalue weighted by Crippen LogP contribution is -2.50. The molecule has 0 spiro atoms. The molecule has 2 fully saturated rings. The van der Waals surface area contributed by atoms with Crippen LogP contribution in [0.2, 0.25) is 0 Å². The number of rotatable bonds is 9. The van der Waals surface area contributed by atoms with Crippen LogP contribution in [0.15, 0.2) is 0 Å². The van der Waals surface area contributed by atoms with Gasteiger partial charge < -0.3 is 24.1 Å². The lowest BCUT2D eigenvalue weighted by atomic mass is 9.88. The number of nitrogens with zero attached hydrogens (tertiary/aromatic N) is 2. The van der Waals surface area contributed by atoms with Gasteiger partial charge in [-0.3, -0.25) is 9.59 Å². The average molecular weight is 439 g/mol. The zero-order valence-electron chi connectivity index (χ0n) is 19.3. The second-order valence-corrected chi connectivity index (χ2v) is 9.49. The SMILES string of the molecule is CC(C)(C)OC(=O)[C@@H](CC=O)N(CC1CCCCC1)C(=O)CCC(=O)N1CCOCC1. The number of ether oxygens (including phenoxy) is 2. The van der Waals surface area contributed by atoms with Gasteiger partial charge in [0.15, 0.2) is 0 Å². The number of amides is 2. The zero-order valence-corrected chi connectivity index (χ0v) is 19.3. The van der Waals surface area contributed by atoms with Crippen molar-refractivity contribution in [3.05, 3.63) is 0 Å². The number of aldehydes is 1. The Bertz CT molecular complexity index is 618. The first kappa shape index (κ1) is 25.3. The van der Waals surface area contributed by atoms with Crippen molar-refractivity contribution in [2.24, 2.45) is 5.92 Å². The summed E-state index contributed by atoms with van der Waals surface area (Å²) in [4.78, 5) is 53.1. The quantitative estimate of drug-likeness (QED) is 0.405. The largest absolute Gasteiger partial charge is 0.458 e. The molecular formula is C23H38N2O6. The Morgan fingerprint density at radius 3 is 2.32 bits per heavy atom. The molecule has 1 atom stereocenters. The number of carbonyl (C=O) groups is 4. The molecule has 2 aliphatic rings.